The van der Waals surface area contributed by atoms with Crippen molar-refractivity contribution in [1.29, 1.82) is 5.26 Å². The lowest BCUT2D eigenvalue weighted by atomic mass is 10.00. The van der Waals surface area contributed by atoms with Gasteiger partial charge in [-0.15, -0.1) is 0 Å². The van der Waals surface area contributed by atoms with Crippen LogP contribution >= 0.6 is 0 Å². The topological polar surface area (TPSA) is 82.4 Å². The van der Waals surface area contributed by atoms with Gasteiger partial charge in [-0.1, -0.05) is 13.8 Å². The number of likely N-dealkylation sites (N-methyl/N-ethyl adjacent to an activating group) is 1. The zero-order chi connectivity index (χ0) is 15.9. The van der Waals surface area contributed by atoms with Crippen molar-refractivity contribution in [1.82, 2.24) is 10.2 Å². The molecule has 0 radical (unpaired) electrons. The maximum atomic E-state index is 12.1. The van der Waals surface area contributed by atoms with E-state index in [-0.39, 0.29) is 24.3 Å². The van der Waals surface area contributed by atoms with E-state index >= 15 is 0 Å². The predicted octanol–water partition coefficient (Wildman–Crippen LogP) is 1.07. The molecular weight excluding hydrogens is 270 g/mol. The number of hydrogen-bond donors (Lipinski definition) is 1. The first-order chi connectivity index (χ1) is 9.96. The van der Waals surface area contributed by atoms with Crippen LogP contribution in [-0.2, 0) is 14.3 Å². The Labute approximate surface area is 126 Å². The first-order valence-electron chi connectivity index (χ1n) is 7.48. The van der Waals surface area contributed by atoms with Gasteiger partial charge in [0.05, 0.1) is 25.6 Å². The Kier molecular flexibility index (Phi) is 6.63. The molecule has 1 aliphatic rings. The molecule has 0 bridgehead atoms. The monoisotopic (exact) mass is 295 g/mol. The summed E-state index contributed by atoms with van der Waals surface area (Å²) in [6, 6.07) is 2.24. The second-order valence-corrected chi connectivity index (χ2v) is 5.70. The van der Waals surface area contributed by atoms with Gasteiger partial charge in [0.1, 0.15) is 5.54 Å². The van der Waals surface area contributed by atoms with Crippen molar-refractivity contribution >= 4 is 11.9 Å². The lowest BCUT2D eigenvalue weighted by Gasteiger charge is -2.26. The molecule has 1 rings (SSSR count). The second-order valence-electron chi connectivity index (χ2n) is 5.70. The molecule has 0 aromatic rings. The number of nitrogens with zero attached hydrogens (tertiary/aromatic N) is 2. The molecule has 0 saturated heterocycles. The highest BCUT2D eigenvalue weighted by Crippen LogP contribution is 2.28. The van der Waals surface area contributed by atoms with E-state index in [1.807, 2.05) is 11.8 Å². The summed E-state index contributed by atoms with van der Waals surface area (Å²) in [7, 11) is 1.36. The van der Waals surface area contributed by atoms with E-state index < -0.39 is 5.54 Å². The van der Waals surface area contributed by atoms with Crippen molar-refractivity contribution in [3.05, 3.63) is 0 Å². The van der Waals surface area contributed by atoms with Crippen molar-refractivity contribution in [2.75, 3.05) is 26.7 Å². The molecule has 1 atom stereocenters. The lowest BCUT2D eigenvalue weighted by molar-refractivity contribution is -0.145. The Morgan fingerprint density at radius 2 is 2.05 bits per heavy atom. The number of amides is 1. The van der Waals surface area contributed by atoms with Crippen LogP contribution in [0.15, 0.2) is 0 Å². The van der Waals surface area contributed by atoms with Crippen LogP contribution in [0.1, 0.15) is 39.5 Å². The van der Waals surface area contributed by atoms with Crippen LogP contribution in [-0.4, -0.2) is 49.1 Å². The fourth-order valence-electron chi connectivity index (χ4n) is 2.72. The molecule has 6 nitrogen and oxygen atoms in total. The molecule has 1 aliphatic carbocycles. The zero-order valence-corrected chi connectivity index (χ0v) is 13.1. The molecule has 0 heterocycles. The van der Waals surface area contributed by atoms with Gasteiger partial charge in [0.2, 0.25) is 5.91 Å². The number of ether oxygens (including phenoxy) is 1. The van der Waals surface area contributed by atoms with E-state index in [0.717, 1.165) is 25.7 Å². The van der Waals surface area contributed by atoms with Gasteiger partial charge in [-0.05, 0) is 32.2 Å². The van der Waals surface area contributed by atoms with Crippen LogP contribution in [0.4, 0.5) is 0 Å². The molecule has 1 N–H and O–H groups in total. The molecule has 21 heavy (non-hydrogen) atoms. The van der Waals surface area contributed by atoms with Gasteiger partial charge in [0, 0.05) is 6.54 Å². The van der Waals surface area contributed by atoms with Crippen LogP contribution in [0.3, 0.4) is 0 Å². The summed E-state index contributed by atoms with van der Waals surface area (Å²) < 4.78 is 4.69. The highest BCUT2D eigenvalue weighted by molar-refractivity contribution is 5.79. The third-order valence-electron chi connectivity index (χ3n) is 4.00. The third kappa shape index (κ3) is 5.01. The minimum atomic E-state index is -0.690. The molecule has 6 heteroatoms. The molecule has 1 fully saturated rings. The summed E-state index contributed by atoms with van der Waals surface area (Å²) >= 11 is 0. The summed E-state index contributed by atoms with van der Waals surface area (Å²) in [6.45, 7) is 5.04. The average molecular weight is 295 g/mol. The minimum Gasteiger partial charge on any atom is -0.469 e. The van der Waals surface area contributed by atoms with Crippen molar-refractivity contribution in [3.63, 3.8) is 0 Å². The molecule has 0 aromatic carbocycles. The molecule has 0 spiro atoms. The number of hydrogen-bond acceptors (Lipinski definition) is 5. The zero-order valence-electron chi connectivity index (χ0n) is 13.1. The van der Waals surface area contributed by atoms with Gasteiger partial charge in [-0.3, -0.25) is 14.5 Å². The summed E-state index contributed by atoms with van der Waals surface area (Å²) in [5.74, 6) is -0.713. The van der Waals surface area contributed by atoms with E-state index in [9.17, 15) is 14.9 Å². The van der Waals surface area contributed by atoms with Crippen LogP contribution in [0.25, 0.3) is 0 Å². The summed E-state index contributed by atoms with van der Waals surface area (Å²) in [4.78, 5) is 25.5. The van der Waals surface area contributed by atoms with E-state index in [0.29, 0.717) is 13.1 Å². The summed E-state index contributed by atoms with van der Waals surface area (Å²) in [6.07, 6.45) is 3.40. The largest absolute Gasteiger partial charge is 0.469 e. The van der Waals surface area contributed by atoms with E-state index in [1.165, 1.54) is 7.11 Å². The first kappa shape index (κ1) is 17.4. The number of nitriles is 1. The molecule has 1 saturated carbocycles. The number of esters is 1. The lowest BCUT2D eigenvalue weighted by Crippen LogP contribution is -2.49. The van der Waals surface area contributed by atoms with E-state index in [1.54, 1.807) is 6.92 Å². The van der Waals surface area contributed by atoms with Crippen molar-refractivity contribution in [2.24, 2.45) is 5.92 Å². The number of carbonyl (C=O) groups excluding carboxylic acids is 2. The molecule has 1 amide bonds. The smallest absolute Gasteiger partial charge is 0.309 e. The maximum Gasteiger partial charge on any atom is 0.309 e. The van der Waals surface area contributed by atoms with Gasteiger partial charge < -0.3 is 10.1 Å². The Morgan fingerprint density at radius 3 is 2.52 bits per heavy atom. The predicted molar refractivity (Wildman–Crippen MR) is 78.2 cm³/mol. The van der Waals surface area contributed by atoms with Crippen molar-refractivity contribution in [2.45, 2.75) is 45.1 Å². The van der Waals surface area contributed by atoms with Gasteiger partial charge in [-0.25, -0.2) is 0 Å². The molecule has 0 aliphatic heterocycles. The SMILES string of the molecule is CCN(CC(=O)NC1(C#N)CCCC1)CC(C)C(=O)OC. The van der Waals surface area contributed by atoms with Crippen molar-refractivity contribution < 1.29 is 14.3 Å². The number of methoxy groups -OCH3 is 1. The Morgan fingerprint density at radius 1 is 1.43 bits per heavy atom. The first-order valence-corrected chi connectivity index (χ1v) is 7.48. The molecule has 118 valence electrons. The Balaban J connectivity index is 2.51. The Bertz CT molecular complexity index is 411. The normalized spacial score (nSPS) is 18.0. The number of nitrogens with one attached hydrogen (secondary N) is 1. The van der Waals surface area contributed by atoms with Gasteiger partial charge in [0.15, 0.2) is 0 Å². The summed E-state index contributed by atoms with van der Waals surface area (Å²) in [5.41, 5.74) is -0.690. The quantitative estimate of drug-likeness (QED) is 0.710. The molecule has 1 unspecified atom stereocenters. The van der Waals surface area contributed by atoms with Crippen molar-refractivity contribution in [3.8, 4) is 6.07 Å². The molecular formula is C15H25N3O3. The fraction of sp³-hybridized carbons (Fsp3) is 0.800. The number of rotatable bonds is 7. The third-order valence-corrected chi connectivity index (χ3v) is 4.00. The summed E-state index contributed by atoms with van der Waals surface area (Å²) in [5, 5.41) is 12.1. The van der Waals surface area contributed by atoms with Gasteiger partial charge >= 0.3 is 5.97 Å². The maximum absolute atomic E-state index is 12.1. The van der Waals surface area contributed by atoms with Crippen LogP contribution in [0.2, 0.25) is 0 Å². The van der Waals surface area contributed by atoms with Gasteiger partial charge in [-0.2, -0.15) is 5.26 Å². The fourth-order valence-corrected chi connectivity index (χ4v) is 2.72. The van der Waals surface area contributed by atoms with E-state index in [4.69, 9.17) is 4.74 Å². The van der Waals surface area contributed by atoms with Crippen LogP contribution in [0, 0.1) is 17.2 Å². The Hall–Kier alpha value is -1.61. The molecule has 0 aromatic heterocycles. The van der Waals surface area contributed by atoms with E-state index in [2.05, 4.69) is 11.4 Å². The standard InChI is InChI=1S/C15H25N3O3/c1-4-18(9-12(2)14(20)21-3)10-13(19)17-15(11-16)7-5-6-8-15/h12H,4-10H2,1-3H3,(H,17,19). The van der Waals surface area contributed by atoms with Gasteiger partial charge in [0.25, 0.3) is 0 Å². The van der Waals surface area contributed by atoms with Crippen LogP contribution < -0.4 is 5.32 Å². The average Bonchev–Trinajstić information content (AvgIpc) is 2.94. The second kappa shape index (κ2) is 7.99. The van der Waals surface area contributed by atoms with Crippen LogP contribution in [0.5, 0.6) is 0 Å². The highest BCUT2D eigenvalue weighted by atomic mass is 16.5. The highest BCUT2D eigenvalue weighted by Gasteiger charge is 2.35. The number of carbonyl (C=O) groups is 2. The minimum absolute atomic E-state index is 0.155.